The van der Waals surface area contributed by atoms with Crippen LogP contribution >= 0.6 is 0 Å². The lowest BCUT2D eigenvalue weighted by atomic mass is 10.1. The van der Waals surface area contributed by atoms with E-state index in [1.807, 2.05) is 68.4 Å². The summed E-state index contributed by atoms with van der Waals surface area (Å²) in [5.41, 5.74) is 3.74. The van der Waals surface area contributed by atoms with Gasteiger partial charge in [-0.1, -0.05) is 48.0 Å². The standard InChI is InChI=1S/C22H22F2N2/c1-15-8-10-17(11-9-15)22(26-21-6-4-3-5-7-21)25-16(2)18-12-19(23)14-20(24)13-18/h3-14,16,22,25-26H,1-2H3/t16-,22?/m1/s1. The maximum absolute atomic E-state index is 13.6. The molecule has 0 saturated heterocycles. The van der Waals surface area contributed by atoms with Gasteiger partial charge in [0.05, 0.1) is 0 Å². The molecule has 0 amide bonds. The van der Waals surface area contributed by atoms with Crippen molar-refractivity contribution < 1.29 is 8.78 Å². The van der Waals surface area contributed by atoms with Crippen LogP contribution in [0.25, 0.3) is 0 Å². The topological polar surface area (TPSA) is 24.1 Å². The van der Waals surface area contributed by atoms with E-state index in [2.05, 4.69) is 10.6 Å². The van der Waals surface area contributed by atoms with Gasteiger partial charge in [-0.05, 0) is 49.2 Å². The van der Waals surface area contributed by atoms with Gasteiger partial charge in [-0.25, -0.2) is 8.78 Å². The molecule has 3 aromatic rings. The van der Waals surface area contributed by atoms with Crippen LogP contribution in [0.4, 0.5) is 14.5 Å². The third-order valence-electron chi connectivity index (χ3n) is 4.30. The van der Waals surface area contributed by atoms with Crippen LogP contribution in [0.2, 0.25) is 0 Å². The van der Waals surface area contributed by atoms with Crippen LogP contribution in [0.1, 0.15) is 35.8 Å². The zero-order valence-electron chi connectivity index (χ0n) is 14.8. The van der Waals surface area contributed by atoms with Crippen molar-refractivity contribution in [1.29, 1.82) is 0 Å². The van der Waals surface area contributed by atoms with Gasteiger partial charge in [0, 0.05) is 17.8 Å². The normalized spacial score (nSPS) is 13.2. The van der Waals surface area contributed by atoms with E-state index in [1.165, 1.54) is 17.7 Å². The van der Waals surface area contributed by atoms with E-state index in [9.17, 15) is 8.78 Å². The van der Waals surface area contributed by atoms with Crippen molar-refractivity contribution in [3.8, 4) is 0 Å². The SMILES string of the molecule is Cc1ccc(C(Nc2ccccc2)N[C@H](C)c2cc(F)cc(F)c2)cc1. The zero-order valence-corrected chi connectivity index (χ0v) is 14.8. The molecule has 0 radical (unpaired) electrons. The summed E-state index contributed by atoms with van der Waals surface area (Å²) in [7, 11) is 0. The summed E-state index contributed by atoms with van der Waals surface area (Å²) in [6, 6.07) is 21.4. The molecule has 0 aliphatic rings. The minimum absolute atomic E-state index is 0.209. The van der Waals surface area contributed by atoms with Gasteiger partial charge in [-0.2, -0.15) is 0 Å². The molecule has 3 aromatic carbocycles. The minimum atomic E-state index is -0.573. The van der Waals surface area contributed by atoms with Crippen molar-refractivity contribution in [1.82, 2.24) is 5.32 Å². The molecule has 0 saturated carbocycles. The second-order valence-electron chi connectivity index (χ2n) is 6.45. The number of anilines is 1. The quantitative estimate of drug-likeness (QED) is 0.553. The van der Waals surface area contributed by atoms with Crippen LogP contribution in [-0.4, -0.2) is 0 Å². The number of benzene rings is 3. The van der Waals surface area contributed by atoms with E-state index >= 15 is 0 Å². The molecule has 4 heteroatoms. The van der Waals surface area contributed by atoms with E-state index in [0.29, 0.717) is 5.56 Å². The van der Waals surface area contributed by atoms with Gasteiger partial charge < -0.3 is 5.32 Å². The Bertz CT molecular complexity index is 828. The molecule has 0 fully saturated rings. The van der Waals surface area contributed by atoms with Crippen molar-refractivity contribution in [2.24, 2.45) is 0 Å². The van der Waals surface area contributed by atoms with Gasteiger partial charge in [0.2, 0.25) is 0 Å². The molecule has 0 aromatic heterocycles. The highest BCUT2D eigenvalue weighted by Crippen LogP contribution is 2.23. The highest BCUT2D eigenvalue weighted by Gasteiger charge is 2.16. The Morgan fingerprint density at radius 2 is 1.38 bits per heavy atom. The first kappa shape index (κ1) is 18.1. The number of nitrogens with one attached hydrogen (secondary N) is 2. The number of hydrogen-bond donors (Lipinski definition) is 2. The fourth-order valence-corrected chi connectivity index (χ4v) is 2.85. The second-order valence-corrected chi connectivity index (χ2v) is 6.45. The lowest BCUT2D eigenvalue weighted by molar-refractivity contribution is 0.495. The number of para-hydroxylation sites is 1. The molecule has 0 heterocycles. The van der Waals surface area contributed by atoms with Crippen molar-refractivity contribution in [2.75, 3.05) is 5.32 Å². The Kier molecular flexibility index (Phi) is 5.64. The molecule has 0 spiro atoms. The van der Waals surface area contributed by atoms with Gasteiger partial charge in [0.25, 0.3) is 0 Å². The summed E-state index contributed by atoms with van der Waals surface area (Å²) < 4.78 is 27.1. The number of halogens is 2. The molecule has 3 rings (SSSR count). The molecule has 1 unspecified atom stereocenters. The average molecular weight is 352 g/mol. The number of rotatable bonds is 6. The van der Waals surface area contributed by atoms with E-state index in [4.69, 9.17) is 0 Å². The van der Waals surface area contributed by atoms with E-state index < -0.39 is 11.6 Å². The predicted molar refractivity (Wildman–Crippen MR) is 102 cm³/mol. The molecular weight excluding hydrogens is 330 g/mol. The number of aryl methyl sites for hydroxylation is 1. The summed E-state index contributed by atoms with van der Waals surface area (Å²) in [4.78, 5) is 0. The minimum Gasteiger partial charge on any atom is -0.366 e. The van der Waals surface area contributed by atoms with Gasteiger partial charge >= 0.3 is 0 Å². The Morgan fingerprint density at radius 3 is 2.00 bits per heavy atom. The van der Waals surface area contributed by atoms with Crippen LogP contribution < -0.4 is 10.6 Å². The van der Waals surface area contributed by atoms with Crippen LogP contribution in [-0.2, 0) is 0 Å². The third-order valence-corrected chi connectivity index (χ3v) is 4.30. The molecule has 2 atom stereocenters. The third kappa shape index (κ3) is 4.67. The Hall–Kier alpha value is -2.72. The fraction of sp³-hybridized carbons (Fsp3) is 0.182. The first-order valence-corrected chi connectivity index (χ1v) is 8.61. The molecule has 134 valence electrons. The van der Waals surface area contributed by atoms with E-state index in [-0.39, 0.29) is 12.2 Å². The lowest BCUT2D eigenvalue weighted by Gasteiger charge is -2.26. The second kappa shape index (κ2) is 8.11. The first-order chi connectivity index (χ1) is 12.5. The van der Waals surface area contributed by atoms with Gasteiger partial charge in [0.15, 0.2) is 0 Å². The summed E-state index contributed by atoms with van der Waals surface area (Å²) in [6.07, 6.45) is -0.209. The fourth-order valence-electron chi connectivity index (χ4n) is 2.85. The van der Waals surface area contributed by atoms with Crippen molar-refractivity contribution in [3.05, 3.63) is 101 Å². The van der Waals surface area contributed by atoms with Crippen LogP contribution in [0.5, 0.6) is 0 Å². The van der Waals surface area contributed by atoms with E-state index in [1.54, 1.807) is 0 Å². The van der Waals surface area contributed by atoms with Crippen molar-refractivity contribution in [3.63, 3.8) is 0 Å². The Labute approximate surface area is 152 Å². The maximum Gasteiger partial charge on any atom is 0.126 e. The van der Waals surface area contributed by atoms with Gasteiger partial charge in [-0.15, -0.1) is 0 Å². The predicted octanol–water partition coefficient (Wildman–Crippen LogP) is 5.73. The molecule has 2 nitrogen and oxygen atoms in total. The Morgan fingerprint density at radius 1 is 0.769 bits per heavy atom. The molecule has 26 heavy (non-hydrogen) atoms. The van der Waals surface area contributed by atoms with Crippen LogP contribution in [0, 0.1) is 18.6 Å². The summed E-state index contributed by atoms with van der Waals surface area (Å²) in [5, 5.41) is 6.87. The molecule has 0 bridgehead atoms. The van der Waals surface area contributed by atoms with Crippen LogP contribution in [0.15, 0.2) is 72.8 Å². The number of hydrogen-bond acceptors (Lipinski definition) is 2. The highest BCUT2D eigenvalue weighted by molar-refractivity contribution is 5.45. The van der Waals surface area contributed by atoms with Gasteiger partial charge in [0.1, 0.15) is 17.8 Å². The summed E-state index contributed by atoms with van der Waals surface area (Å²) in [5.74, 6) is -1.15. The zero-order chi connectivity index (χ0) is 18.5. The first-order valence-electron chi connectivity index (χ1n) is 8.61. The van der Waals surface area contributed by atoms with Crippen molar-refractivity contribution >= 4 is 5.69 Å². The summed E-state index contributed by atoms with van der Waals surface area (Å²) in [6.45, 7) is 3.93. The largest absolute Gasteiger partial charge is 0.366 e. The molecule has 0 aliphatic carbocycles. The monoisotopic (exact) mass is 352 g/mol. The van der Waals surface area contributed by atoms with Gasteiger partial charge in [-0.3, -0.25) is 5.32 Å². The van der Waals surface area contributed by atoms with Crippen LogP contribution in [0.3, 0.4) is 0 Å². The van der Waals surface area contributed by atoms with Crippen molar-refractivity contribution in [2.45, 2.75) is 26.1 Å². The molecule has 0 aliphatic heterocycles. The average Bonchev–Trinajstić information content (AvgIpc) is 2.62. The lowest BCUT2D eigenvalue weighted by Crippen LogP contribution is -2.30. The maximum atomic E-state index is 13.6. The summed E-state index contributed by atoms with van der Waals surface area (Å²) >= 11 is 0. The molecule has 2 N–H and O–H groups in total. The highest BCUT2D eigenvalue weighted by atomic mass is 19.1. The Balaban J connectivity index is 1.86. The smallest absolute Gasteiger partial charge is 0.126 e. The van der Waals surface area contributed by atoms with E-state index in [0.717, 1.165) is 17.3 Å². The molecular formula is C22H22F2N2.